The van der Waals surface area contributed by atoms with Crippen LogP contribution in [0.15, 0.2) is 48.5 Å². The number of nitrogens with two attached hydrogens (primary N) is 1. The molecular weight excluding hydrogens is 248 g/mol. The Hall–Kier alpha value is -2.13. The lowest BCUT2D eigenvalue weighted by molar-refractivity contribution is -0.117. The van der Waals surface area contributed by atoms with Gasteiger partial charge in [-0.3, -0.25) is 4.79 Å². The molecule has 0 aliphatic rings. The molecule has 2 aromatic carbocycles. The Kier molecular flexibility index (Phi) is 4.53. The minimum atomic E-state index is 0.0831. The molecule has 2 N–H and O–H groups in total. The summed E-state index contributed by atoms with van der Waals surface area (Å²) in [5.74, 6) is 0.0831. The molecule has 20 heavy (non-hydrogen) atoms. The van der Waals surface area contributed by atoms with Crippen molar-refractivity contribution in [3.63, 3.8) is 0 Å². The molecule has 2 aromatic rings. The van der Waals surface area contributed by atoms with Crippen LogP contribution < -0.4 is 10.6 Å². The second-order valence-electron chi connectivity index (χ2n) is 4.94. The number of rotatable bonds is 4. The minimum Gasteiger partial charge on any atom is -0.326 e. The third kappa shape index (κ3) is 3.25. The Morgan fingerprint density at radius 1 is 1.05 bits per heavy atom. The van der Waals surface area contributed by atoms with Gasteiger partial charge in [0.05, 0.1) is 6.42 Å². The predicted octanol–water partition coefficient (Wildman–Crippen LogP) is 2.66. The number of likely N-dealkylation sites (N-methyl/N-ethyl adjacent to an activating group) is 1. The lowest BCUT2D eigenvalue weighted by Crippen LogP contribution is -2.28. The summed E-state index contributed by atoms with van der Waals surface area (Å²) in [4.78, 5) is 14.0. The summed E-state index contributed by atoms with van der Waals surface area (Å²) >= 11 is 0. The van der Waals surface area contributed by atoms with Crippen LogP contribution in [-0.4, -0.2) is 13.0 Å². The third-order valence-electron chi connectivity index (χ3n) is 3.46. The van der Waals surface area contributed by atoms with Gasteiger partial charge in [0.2, 0.25) is 5.91 Å². The molecule has 0 radical (unpaired) electrons. The van der Waals surface area contributed by atoms with Crippen molar-refractivity contribution in [1.29, 1.82) is 0 Å². The maximum atomic E-state index is 12.3. The molecule has 0 heterocycles. The Bertz CT molecular complexity index is 590. The highest BCUT2D eigenvalue weighted by molar-refractivity contribution is 5.94. The largest absolute Gasteiger partial charge is 0.326 e. The van der Waals surface area contributed by atoms with Crippen molar-refractivity contribution in [2.24, 2.45) is 5.73 Å². The molecule has 3 heteroatoms. The Labute approximate surface area is 120 Å². The fourth-order valence-corrected chi connectivity index (χ4v) is 2.16. The van der Waals surface area contributed by atoms with Crippen molar-refractivity contribution in [3.05, 3.63) is 65.2 Å². The summed E-state index contributed by atoms with van der Waals surface area (Å²) in [5, 5.41) is 0. The van der Waals surface area contributed by atoms with E-state index < -0.39 is 0 Å². The fraction of sp³-hybridized carbons (Fsp3) is 0.235. The van der Waals surface area contributed by atoms with Crippen molar-refractivity contribution in [2.75, 3.05) is 11.9 Å². The van der Waals surface area contributed by atoms with Gasteiger partial charge in [0, 0.05) is 19.3 Å². The highest BCUT2D eigenvalue weighted by atomic mass is 16.2. The van der Waals surface area contributed by atoms with Crippen LogP contribution in [0.3, 0.4) is 0 Å². The smallest absolute Gasteiger partial charge is 0.231 e. The monoisotopic (exact) mass is 268 g/mol. The zero-order valence-electron chi connectivity index (χ0n) is 12.0. The maximum Gasteiger partial charge on any atom is 0.231 e. The van der Waals surface area contributed by atoms with E-state index in [-0.39, 0.29) is 5.91 Å². The van der Waals surface area contributed by atoms with Crippen molar-refractivity contribution < 1.29 is 4.79 Å². The van der Waals surface area contributed by atoms with E-state index in [0.717, 1.165) is 22.4 Å². The van der Waals surface area contributed by atoms with Crippen LogP contribution >= 0.6 is 0 Å². The number of benzene rings is 2. The van der Waals surface area contributed by atoms with Gasteiger partial charge in [0.25, 0.3) is 0 Å². The highest BCUT2D eigenvalue weighted by Crippen LogP contribution is 2.18. The third-order valence-corrected chi connectivity index (χ3v) is 3.46. The van der Waals surface area contributed by atoms with Crippen molar-refractivity contribution in [1.82, 2.24) is 0 Å². The van der Waals surface area contributed by atoms with Crippen molar-refractivity contribution in [3.8, 4) is 0 Å². The summed E-state index contributed by atoms with van der Waals surface area (Å²) in [7, 11) is 1.82. The van der Waals surface area contributed by atoms with Gasteiger partial charge in [0.15, 0.2) is 0 Å². The van der Waals surface area contributed by atoms with Crippen LogP contribution in [0.1, 0.15) is 16.7 Å². The lowest BCUT2D eigenvalue weighted by Gasteiger charge is -2.19. The van der Waals surface area contributed by atoms with Crippen LogP contribution in [0.25, 0.3) is 0 Å². The number of para-hydroxylation sites is 1. The molecule has 1 amide bonds. The van der Waals surface area contributed by atoms with E-state index in [2.05, 4.69) is 0 Å². The van der Waals surface area contributed by atoms with Gasteiger partial charge in [-0.05, 0) is 29.7 Å². The van der Waals surface area contributed by atoms with E-state index >= 15 is 0 Å². The van der Waals surface area contributed by atoms with Crippen LogP contribution in [0.5, 0.6) is 0 Å². The van der Waals surface area contributed by atoms with Crippen molar-refractivity contribution >= 4 is 11.6 Å². The number of nitrogens with zero attached hydrogens (tertiary/aromatic N) is 1. The van der Waals surface area contributed by atoms with Gasteiger partial charge in [-0.25, -0.2) is 0 Å². The zero-order chi connectivity index (χ0) is 14.5. The predicted molar refractivity (Wildman–Crippen MR) is 82.6 cm³/mol. The molecule has 0 spiro atoms. The molecule has 0 saturated heterocycles. The van der Waals surface area contributed by atoms with Crippen molar-refractivity contribution in [2.45, 2.75) is 19.9 Å². The number of aryl methyl sites for hydroxylation is 1. The Balaban J connectivity index is 2.09. The molecule has 104 valence electrons. The summed E-state index contributed by atoms with van der Waals surface area (Å²) in [5.41, 5.74) is 9.70. The van der Waals surface area contributed by atoms with E-state index in [1.54, 1.807) is 4.90 Å². The fourth-order valence-electron chi connectivity index (χ4n) is 2.16. The number of anilines is 1. The topological polar surface area (TPSA) is 46.3 Å². The molecule has 0 unspecified atom stereocenters. The van der Waals surface area contributed by atoms with E-state index in [1.807, 2.05) is 62.5 Å². The van der Waals surface area contributed by atoms with Gasteiger partial charge >= 0.3 is 0 Å². The molecule has 0 fully saturated rings. The standard InChI is InChI=1S/C17H20N2O/c1-13-5-3-4-6-16(13)19(2)17(20)11-14-7-9-15(12-18)10-8-14/h3-10H,11-12,18H2,1-2H3. The van der Waals surface area contributed by atoms with E-state index in [0.29, 0.717) is 13.0 Å². The second kappa shape index (κ2) is 6.35. The lowest BCUT2D eigenvalue weighted by atomic mass is 10.1. The first-order valence-electron chi connectivity index (χ1n) is 6.72. The maximum absolute atomic E-state index is 12.3. The molecule has 0 atom stereocenters. The first-order chi connectivity index (χ1) is 9.61. The first kappa shape index (κ1) is 14.3. The number of amides is 1. The molecule has 0 aliphatic carbocycles. The second-order valence-corrected chi connectivity index (χ2v) is 4.94. The van der Waals surface area contributed by atoms with Crippen LogP contribution in [0.2, 0.25) is 0 Å². The normalized spacial score (nSPS) is 10.3. The highest BCUT2D eigenvalue weighted by Gasteiger charge is 2.13. The van der Waals surface area contributed by atoms with Gasteiger partial charge in [-0.2, -0.15) is 0 Å². The number of hydrogen-bond acceptors (Lipinski definition) is 2. The molecule has 0 saturated carbocycles. The van der Waals surface area contributed by atoms with Gasteiger partial charge in [-0.1, -0.05) is 42.5 Å². The molecular formula is C17H20N2O. The van der Waals surface area contributed by atoms with Crippen LogP contribution in [0, 0.1) is 6.92 Å². The van der Waals surface area contributed by atoms with Crippen LogP contribution in [0.4, 0.5) is 5.69 Å². The Morgan fingerprint density at radius 2 is 1.65 bits per heavy atom. The SMILES string of the molecule is Cc1ccccc1N(C)C(=O)Cc1ccc(CN)cc1. The quantitative estimate of drug-likeness (QED) is 0.926. The molecule has 0 aromatic heterocycles. The number of carbonyl (C=O) groups is 1. The minimum absolute atomic E-state index is 0.0831. The summed E-state index contributed by atoms with van der Waals surface area (Å²) in [6.07, 6.45) is 0.398. The molecule has 3 nitrogen and oxygen atoms in total. The number of carbonyl (C=O) groups excluding carboxylic acids is 1. The van der Waals surface area contributed by atoms with Gasteiger partial charge in [-0.15, -0.1) is 0 Å². The van der Waals surface area contributed by atoms with Gasteiger partial charge < -0.3 is 10.6 Å². The Morgan fingerprint density at radius 3 is 2.25 bits per heavy atom. The van der Waals surface area contributed by atoms with E-state index in [1.165, 1.54) is 0 Å². The number of hydrogen-bond donors (Lipinski definition) is 1. The van der Waals surface area contributed by atoms with E-state index in [4.69, 9.17) is 5.73 Å². The summed E-state index contributed by atoms with van der Waals surface area (Å²) < 4.78 is 0. The molecule has 2 rings (SSSR count). The summed E-state index contributed by atoms with van der Waals surface area (Å²) in [6, 6.07) is 15.8. The van der Waals surface area contributed by atoms with Crippen LogP contribution in [-0.2, 0) is 17.8 Å². The summed E-state index contributed by atoms with van der Waals surface area (Å²) in [6.45, 7) is 2.53. The first-order valence-corrected chi connectivity index (χ1v) is 6.72. The average Bonchev–Trinajstić information content (AvgIpc) is 2.48. The van der Waals surface area contributed by atoms with Gasteiger partial charge in [0.1, 0.15) is 0 Å². The average molecular weight is 268 g/mol. The molecule has 0 aliphatic heterocycles. The molecule has 0 bridgehead atoms. The van der Waals surface area contributed by atoms with E-state index in [9.17, 15) is 4.79 Å². The zero-order valence-corrected chi connectivity index (χ0v) is 12.0.